The lowest BCUT2D eigenvalue weighted by atomic mass is 9.90. The van der Waals surface area contributed by atoms with Gasteiger partial charge in [-0.1, -0.05) is 71.8 Å². The molecule has 2 nitrogen and oxygen atoms in total. The Kier molecular flexibility index (Phi) is 4.64. The first-order valence-corrected chi connectivity index (χ1v) is 9.36. The highest BCUT2D eigenvalue weighted by molar-refractivity contribution is 5.86. The number of hydrazone groups is 1. The fourth-order valence-electron chi connectivity index (χ4n) is 3.71. The van der Waals surface area contributed by atoms with Crippen LogP contribution in [0.5, 0.6) is 0 Å². The van der Waals surface area contributed by atoms with E-state index in [1.165, 1.54) is 33.1 Å². The van der Waals surface area contributed by atoms with E-state index >= 15 is 0 Å². The molecule has 27 heavy (non-hydrogen) atoms. The predicted molar refractivity (Wildman–Crippen MR) is 116 cm³/mol. The number of fused-ring (bicyclic) bond motifs is 1. The van der Waals surface area contributed by atoms with Gasteiger partial charge in [0.1, 0.15) is 0 Å². The van der Waals surface area contributed by atoms with Crippen molar-refractivity contribution < 1.29 is 0 Å². The van der Waals surface area contributed by atoms with Gasteiger partial charge in [-0.15, -0.1) is 0 Å². The monoisotopic (exact) mass is 352 g/mol. The number of benzene rings is 3. The number of rotatable bonds is 4. The fourth-order valence-corrected chi connectivity index (χ4v) is 3.71. The zero-order chi connectivity index (χ0) is 18.8. The summed E-state index contributed by atoms with van der Waals surface area (Å²) in [6, 6.07) is 23.2. The van der Waals surface area contributed by atoms with Crippen LogP contribution < -0.4 is 5.43 Å². The molecule has 3 aromatic carbocycles. The first-order chi connectivity index (χ1) is 13.1. The molecule has 0 aliphatic heterocycles. The topological polar surface area (TPSA) is 24.4 Å². The highest BCUT2D eigenvalue weighted by atomic mass is 15.3. The van der Waals surface area contributed by atoms with Gasteiger partial charge in [0.05, 0.1) is 11.9 Å². The summed E-state index contributed by atoms with van der Waals surface area (Å²) in [5.74, 6) is 0.341. The van der Waals surface area contributed by atoms with Crippen molar-refractivity contribution in [2.45, 2.75) is 26.7 Å². The Balaban J connectivity index is 1.58. The van der Waals surface area contributed by atoms with Crippen LogP contribution in [0.2, 0.25) is 0 Å². The molecule has 4 rings (SSSR count). The van der Waals surface area contributed by atoms with E-state index in [9.17, 15) is 0 Å². The number of anilines is 1. The van der Waals surface area contributed by atoms with E-state index in [2.05, 4.69) is 104 Å². The second-order valence-electron chi connectivity index (χ2n) is 7.20. The molecule has 0 spiro atoms. The van der Waals surface area contributed by atoms with Crippen molar-refractivity contribution in [1.29, 1.82) is 0 Å². The van der Waals surface area contributed by atoms with Crippen molar-refractivity contribution in [1.82, 2.24) is 0 Å². The number of nitrogens with zero attached hydrogens (tertiary/aromatic N) is 1. The Hall–Kier alpha value is -3.13. The van der Waals surface area contributed by atoms with Crippen molar-refractivity contribution in [3.8, 4) is 0 Å². The minimum atomic E-state index is 0.341. The van der Waals surface area contributed by atoms with Crippen LogP contribution in [0.25, 0.3) is 10.8 Å². The highest BCUT2D eigenvalue weighted by Crippen LogP contribution is 2.38. The zero-order valence-corrected chi connectivity index (χ0v) is 16.0. The molecule has 1 N–H and O–H groups in total. The van der Waals surface area contributed by atoms with Gasteiger partial charge in [0.2, 0.25) is 0 Å². The number of hydrogen-bond donors (Lipinski definition) is 1. The largest absolute Gasteiger partial charge is 0.278 e. The molecular formula is C25H24N2. The second kappa shape index (κ2) is 7.24. The van der Waals surface area contributed by atoms with E-state index in [4.69, 9.17) is 0 Å². The summed E-state index contributed by atoms with van der Waals surface area (Å²) in [6.07, 6.45) is 4.28. The van der Waals surface area contributed by atoms with Gasteiger partial charge in [0, 0.05) is 5.92 Å². The predicted octanol–water partition coefficient (Wildman–Crippen LogP) is 6.67. The van der Waals surface area contributed by atoms with E-state index in [-0.39, 0.29) is 0 Å². The van der Waals surface area contributed by atoms with Crippen molar-refractivity contribution >= 4 is 22.7 Å². The molecule has 3 aromatic rings. The van der Waals surface area contributed by atoms with Gasteiger partial charge in [-0.05, 0) is 60.4 Å². The van der Waals surface area contributed by atoms with Gasteiger partial charge in [0.15, 0.2) is 0 Å². The summed E-state index contributed by atoms with van der Waals surface area (Å²) in [4.78, 5) is 0. The molecule has 1 aliphatic carbocycles. The summed E-state index contributed by atoms with van der Waals surface area (Å²) in [5, 5.41) is 6.95. The first-order valence-electron chi connectivity index (χ1n) is 9.36. The quantitative estimate of drug-likeness (QED) is 0.412. The highest BCUT2D eigenvalue weighted by Gasteiger charge is 2.21. The molecular weight excluding hydrogens is 328 g/mol. The third kappa shape index (κ3) is 3.43. The summed E-state index contributed by atoms with van der Waals surface area (Å²) in [6.45, 7) is 6.63. The van der Waals surface area contributed by atoms with Crippen LogP contribution in [-0.4, -0.2) is 6.21 Å². The van der Waals surface area contributed by atoms with E-state index in [1.54, 1.807) is 0 Å². The maximum absolute atomic E-state index is 4.50. The van der Waals surface area contributed by atoms with Gasteiger partial charge in [-0.3, -0.25) is 5.43 Å². The lowest BCUT2D eigenvalue weighted by Gasteiger charge is -2.14. The van der Waals surface area contributed by atoms with Crippen molar-refractivity contribution in [2.75, 3.05) is 5.43 Å². The van der Waals surface area contributed by atoms with Gasteiger partial charge in [-0.25, -0.2) is 0 Å². The maximum Gasteiger partial charge on any atom is 0.0568 e. The van der Waals surface area contributed by atoms with Crippen molar-refractivity contribution in [2.24, 2.45) is 5.10 Å². The molecule has 0 saturated carbocycles. The Morgan fingerprint density at radius 2 is 1.59 bits per heavy atom. The van der Waals surface area contributed by atoms with Crippen LogP contribution in [0, 0.1) is 0 Å². The Bertz CT molecular complexity index is 1090. The van der Waals surface area contributed by atoms with E-state index in [0.29, 0.717) is 5.92 Å². The molecule has 0 fully saturated rings. The maximum atomic E-state index is 4.50. The standard InChI is InChI=1S/C25H24N2/c1-17-14-25(19(3)18(17)2)24-11-7-6-10-22(24)16-26-27-23-13-12-20-8-4-5-9-21(20)15-23/h4-16,25,27H,1-3H3. The smallest absolute Gasteiger partial charge is 0.0568 e. The fraction of sp³-hybridized carbons (Fsp3) is 0.160. The third-order valence-electron chi connectivity index (χ3n) is 5.54. The molecule has 2 heteroatoms. The minimum Gasteiger partial charge on any atom is -0.278 e. The lowest BCUT2D eigenvalue weighted by Crippen LogP contribution is -2.01. The number of allylic oxidation sites excluding steroid dienone is 4. The normalized spacial score (nSPS) is 17.0. The summed E-state index contributed by atoms with van der Waals surface area (Å²) < 4.78 is 0. The molecule has 1 atom stereocenters. The van der Waals surface area contributed by atoms with Gasteiger partial charge >= 0.3 is 0 Å². The van der Waals surface area contributed by atoms with E-state index in [1.807, 2.05) is 6.21 Å². The molecule has 1 unspecified atom stereocenters. The van der Waals surface area contributed by atoms with Gasteiger partial charge < -0.3 is 0 Å². The number of nitrogens with one attached hydrogen (secondary N) is 1. The SMILES string of the molecule is CC1=CC(c2ccccc2C=NNc2ccc3ccccc3c2)C(C)=C1C. The average Bonchev–Trinajstić information content (AvgIpc) is 2.95. The third-order valence-corrected chi connectivity index (χ3v) is 5.54. The van der Waals surface area contributed by atoms with Crippen LogP contribution >= 0.6 is 0 Å². The molecule has 0 amide bonds. The van der Waals surface area contributed by atoms with Crippen LogP contribution in [0.4, 0.5) is 5.69 Å². The van der Waals surface area contributed by atoms with E-state index < -0.39 is 0 Å². The molecule has 134 valence electrons. The molecule has 0 bridgehead atoms. The van der Waals surface area contributed by atoms with Crippen LogP contribution in [0.3, 0.4) is 0 Å². The van der Waals surface area contributed by atoms with Crippen molar-refractivity contribution in [3.05, 3.63) is 101 Å². The van der Waals surface area contributed by atoms with Gasteiger partial charge in [-0.2, -0.15) is 5.10 Å². The Morgan fingerprint density at radius 3 is 2.37 bits per heavy atom. The Labute approximate surface area is 160 Å². The lowest BCUT2D eigenvalue weighted by molar-refractivity contribution is 0.999. The first kappa shape index (κ1) is 17.3. The minimum absolute atomic E-state index is 0.341. The summed E-state index contributed by atoms with van der Waals surface area (Å²) in [7, 11) is 0. The van der Waals surface area contributed by atoms with Crippen molar-refractivity contribution in [3.63, 3.8) is 0 Å². The molecule has 0 heterocycles. The zero-order valence-electron chi connectivity index (χ0n) is 16.0. The molecule has 0 radical (unpaired) electrons. The van der Waals surface area contributed by atoms with Gasteiger partial charge in [0.25, 0.3) is 0 Å². The van der Waals surface area contributed by atoms with Crippen LogP contribution in [-0.2, 0) is 0 Å². The Morgan fingerprint density at radius 1 is 0.852 bits per heavy atom. The van der Waals surface area contributed by atoms with Crippen LogP contribution in [0.15, 0.2) is 94.6 Å². The van der Waals surface area contributed by atoms with E-state index in [0.717, 1.165) is 11.3 Å². The average molecular weight is 352 g/mol. The van der Waals surface area contributed by atoms with Crippen LogP contribution in [0.1, 0.15) is 37.8 Å². The molecule has 1 aliphatic rings. The molecule has 0 saturated heterocycles. The summed E-state index contributed by atoms with van der Waals surface area (Å²) >= 11 is 0. The number of hydrogen-bond acceptors (Lipinski definition) is 2. The second-order valence-corrected chi connectivity index (χ2v) is 7.20. The molecule has 0 aromatic heterocycles. The summed E-state index contributed by atoms with van der Waals surface area (Å²) in [5.41, 5.74) is 10.8.